The van der Waals surface area contributed by atoms with Crippen molar-refractivity contribution in [2.24, 2.45) is 0 Å². The topological polar surface area (TPSA) is 71.8 Å². The molecule has 27 heavy (non-hydrogen) atoms. The van der Waals surface area contributed by atoms with Crippen molar-refractivity contribution in [2.45, 2.75) is 30.3 Å². The first-order valence-corrected chi connectivity index (χ1v) is 10.2. The van der Waals surface area contributed by atoms with Gasteiger partial charge in [-0.05, 0) is 43.7 Å². The molecule has 0 fully saturated rings. The van der Waals surface area contributed by atoms with E-state index in [1.54, 1.807) is 0 Å². The minimum Gasteiger partial charge on any atom is -0.325 e. The second kappa shape index (κ2) is 7.36. The van der Waals surface area contributed by atoms with Crippen molar-refractivity contribution < 1.29 is 4.79 Å². The molecule has 0 unspecified atom stereocenters. The number of rotatable bonds is 3. The number of carbonyl (C=O) groups excluding carboxylic acids is 1. The van der Waals surface area contributed by atoms with E-state index in [1.165, 1.54) is 17.3 Å². The van der Waals surface area contributed by atoms with E-state index < -0.39 is 0 Å². The van der Waals surface area contributed by atoms with Gasteiger partial charge in [-0.25, -0.2) is 4.68 Å². The van der Waals surface area contributed by atoms with Gasteiger partial charge in [-0.1, -0.05) is 57.5 Å². The van der Waals surface area contributed by atoms with Gasteiger partial charge in [-0.2, -0.15) is 0 Å². The van der Waals surface area contributed by atoms with Crippen molar-refractivity contribution in [1.29, 1.82) is 0 Å². The minimum absolute atomic E-state index is 0.0766. The van der Waals surface area contributed by atoms with Crippen LogP contribution in [0.2, 0.25) is 0 Å². The summed E-state index contributed by atoms with van der Waals surface area (Å²) in [5.41, 5.74) is 6.39. The van der Waals surface area contributed by atoms with Crippen LogP contribution in [-0.2, 0) is 4.79 Å². The smallest absolute Gasteiger partial charge is 0.240 e. The Morgan fingerprint density at radius 1 is 1.11 bits per heavy atom. The SMILES string of the molecule is Cc1ccc([C@H]2Nn3c(C)nnc3S[C@@H]2C(=O)Nc2ccc(Br)cc2)cc1. The fourth-order valence-corrected chi connectivity index (χ4v) is 4.32. The predicted octanol–water partition coefficient (Wildman–Crippen LogP) is 4.06. The molecule has 2 aromatic carbocycles. The van der Waals surface area contributed by atoms with E-state index in [4.69, 9.17) is 0 Å². The molecule has 0 spiro atoms. The summed E-state index contributed by atoms with van der Waals surface area (Å²) in [6.07, 6.45) is 0. The van der Waals surface area contributed by atoms with Crippen LogP contribution < -0.4 is 10.7 Å². The van der Waals surface area contributed by atoms with Gasteiger partial charge in [-0.15, -0.1) is 10.2 Å². The van der Waals surface area contributed by atoms with Gasteiger partial charge in [0, 0.05) is 10.2 Å². The number of halogens is 1. The molecule has 1 aliphatic heterocycles. The second-order valence-corrected chi connectivity index (χ2v) is 8.44. The maximum atomic E-state index is 13.1. The Morgan fingerprint density at radius 3 is 2.52 bits per heavy atom. The van der Waals surface area contributed by atoms with Crippen LogP contribution in [0.25, 0.3) is 0 Å². The Kier molecular flexibility index (Phi) is 4.92. The molecule has 2 atom stereocenters. The number of hydrogen-bond donors (Lipinski definition) is 2. The molecule has 0 aliphatic carbocycles. The summed E-state index contributed by atoms with van der Waals surface area (Å²) in [5.74, 6) is 0.689. The molecule has 3 aromatic rings. The molecule has 1 aromatic heterocycles. The molecule has 1 amide bonds. The van der Waals surface area contributed by atoms with Gasteiger partial charge in [0.1, 0.15) is 11.1 Å². The lowest BCUT2D eigenvalue weighted by atomic mass is 10.0. The predicted molar refractivity (Wildman–Crippen MR) is 110 cm³/mol. The van der Waals surface area contributed by atoms with Crippen LogP contribution in [-0.4, -0.2) is 26.0 Å². The number of thioether (sulfide) groups is 1. The highest BCUT2D eigenvalue weighted by atomic mass is 79.9. The summed E-state index contributed by atoms with van der Waals surface area (Å²) < 4.78 is 2.81. The van der Waals surface area contributed by atoms with E-state index >= 15 is 0 Å². The van der Waals surface area contributed by atoms with Crippen LogP contribution in [0, 0.1) is 13.8 Å². The van der Waals surface area contributed by atoms with Gasteiger partial charge in [-0.3, -0.25) is 4.79 Å². The van der Waals surface area contributed by atoms with Crippen LogP contribution in [0.1, 0.15) is 23.0 Å². The van der Waals surface area contributed by atoms with E-state index in [-0.39, 0.29) is 17.2 Å². The lowest BCUT2D eigenvalue weighted by Gasteiger charge is -2.32. The molecule has 6 nitrogen and oxygen atoms in total. The fourth-order valence-electron chi connectivity index (χ4n) is 2.93. The van der Waals surface area contributed by atoms with Crippen molar-refractivity contribution >= 4 is 39.3 Å². The minimum atomic E-state index is -0.382. The van der Waals surface area contributed by atoms with Crippen molar-refractivity contribution in [3.63, 3.8) is 0 Å². The summed E-state index contributed by atoms with van der Waals surface area (Å²) in [7, 11) is 0. The van der Waals surface area contributed by atoms with E-state index in [2.05, 4.69) is 61.1 Å². The number of nitrogens with zero attached hydrogens (tertiary/aromatic N) is 3. The first-order chi connectivity index (χ1) is 13.0. The largest absolute Gasteiger partial charge is 0.325 e. The Balaban J connectivity index is 1.65. The monoisotopic (exact) mass is 443 g/mol. The zero-order valence-electron chi connectivity index (χ0n) is 14.8. The summed E-state index contributed by atoms with van der Waals surface area (Å²) in [6, 6.07) is 15.6. The molecule has 0 radical (unpaired) electrons. The third-order valence-corrected chi connectivity index (χ3v) is 6.15. The average Bonchev–Trinajstić information content (AvgIpc) is 3.03. The zero-order valence-corrected chi connectivity index (χ0v) is 17.2. The lowest BCUT2D eigenvalue weighted by molar-refractivity contribution is -0.116. The Labute approximate surface area is 169 Å². The maximum Gasteiger partial charge on any atom is 0.240 e. The molecule has 1 aliphatic rings. The molecular formula is C19H18BrN5OS. The Hall–Kier alpha value is -2.32. The highest BCUT2D eigenvalue weighted by molar-refractivity contribution is 9.10. The zero-order chi connectivity index (χ0) is 19.0. The van der Waals surface area contributed by atoms with E-state index in [0.29, 0.717) is 5.16 Å². The van der Waals surface area contributed by atoms with E-state index in [9.17, 15) is 4.79 Å². The molecular weight excluding hydrogens is 426 g/mol. The van der Waals surface area contributed by atoms with Gasteiger partial charge in [0.05, 0.1) is 6.04 Å². The molecule has 4 rings (SSSR count). The Bertz CT molecular complexity index is 971. The van der Waals surface area contributed by atoms with Crippen molar-refractivity contribution in [3.05, 3.63) is 70.0 Å². The number of fused-ring (bicyclic) bond motifs is 1. The fraction of sp³-hybridized carbons (Fsp3) is 0.211. The molecule has 2 heterocycles. The van der Waals surface area contributed by atoms with Gasteiger partial charge < -0.3 is 10.7 Å². The number of aryl methyl sites for hydroxylation is 2. The van der Waals surface area contributed by atoms with Gasteiger partial charge in [0.15, 0.2) is 0 Å². The number of amides is 1. The van der Waals surface area contributed by atoms with E-state index in [1.807, 2.05) is 42.8 Å². The third-order valence-electron chi connectivity index (χ3n) is 4.41. The highest BCUT2D eigenvalue weighted by Crippen LogP contribution is 2.37. The first kappa shape index (κ1) is 18.1. The first-order valence-electron chi connectivity index (χ1n) is 8.49. The second-order valence-electron chi connectivity index (χ2n) is 6.42. The summed E-state index contributed by atoms with van der Waals surface area (Å²) in [5, 5.41) is 11.6. The van der Waals surface area contributed by atoms with Crippen molar-refractivity contribution in [2.75, 3.05) is 10.7 Å². The number of anilines is 1. The summed E-state index contributed by atoms with van der Waals surface area (Å²) in [6.45, 7) is 3.94. The van der Waals surface area contributed by atoms with Gasteiger partial charge >= 0.3 is 0 Å². The molecule has 8 heteroatoms. The number of benzene rings is 2. The van der Waals surface area contributed by atoms with E-state index in [0.717, 1.165) is 21.5 Å². The molecule has 0 saturated heterocycles. The average molecular weight is 444 g/mol. The lowest BCUT2D eigenvalue weighted by Crippen LogP contribution is -2.41. The van der Waals surface area contributed by atoms with Crippen molar-refractivity contribution in [1.82, 2.24) is 14.9 Å². The quantitative estimate of drug-likeness (QED) is 0.638. The molecule has 138 valence electrons. The van der Waals surface area contributed by atoms with Crippen LogP contribution in [0.4, 0.5) is 5.69 Å². The number of hydrogen-bond acceptors (Lipinski definition) is 5. The van der Waals surface area contributed by atoms with Crippen LogP contribution in [0.5, 0.6) is 0 Å². The molecule has 0 saturated carbocycles. The summed E-state index contributed by atoms with van der Waals surface area (Å²) >= 11 is 4.83. The van der Waals surface area contributed by atoms with Crippen LogP contribution in [0.3, 0.4) is 0 Å². The molecule has 2 N–H and O–H groups in total. The third kappa shape index (κ3) is 3.72. The summed E-state index contributed by atoms with van der Waals surface area (Å²) in [4.78, 5) is 13.1. The van der Waals surface area contributed by atoms with Gasteiger partial charge in [0.2, 0.25) is 11.1 Å². The normalized spacial score (nSPS) is 18.5. The van der Waals surface area contributed by atoms with Gasteiger partial charge in [0.25, 0.3) is 0 Å². The van der Waals surface area contributed by atoms with Crippen LogP contribution >= 0.6 is 27.7 Å². The van der Waals surface area contributed by atoms with Crippen LogP contribution in [0.15, 0.2) is 58.2 Å². The number of aromatic nitrogens is 3. The Morgan fingerprint density at radius 2 is 1.81 bits per heavy atom. The maximum absolute atomic E-state index is 13.1. The van der Waals surface area contributed by atoms with Crippen molar-refractivity contribution in [3.8, 4) is 0 Å². The number of nitrogens with one attached hydrogen (secondary N) is 2. The highest BCUT2D eigenvalue weighted by Gasteiger charge is 2.37. The standard InChI is InChI=1S/C19H18BrN5OS/c1-11-3-5-13(6-4-11)16-17(27-19-23-22-12(2)25(19)24-16)18(26)21-15-9-7-14(20)8-10-15/h3-10,16-17,24H,1-2H3,(H,21,26)/t16-,17+/m1/s1. The molecule has 0 bridgehead atoms. The number of carbonyl (C=O) groups is 1.